The molecule has 0 fully saturated rings. The van der Waals surface area contributed by atoms with Crippen molar-refractivity contribution in [1.29, 1.82) is 0 Å². The zero-order valence-electron chi connectivity index (χ0n) is 16.1. The molecule has 1 heterocycles. The molecule has 0 bridgehead atoms. The highest BCUT2D eigenvalue weighted by atomic mass is 16.2. The average Bonchev–Trinajstić information content (AvgIpc) is 3.04. The van der Waals surface area contributed by atoms with E-state index in [0.717, 1.165) is 5.56 Å². The number of carbonyl (C=O) groups is 3. The first kappa shape index (κ1) is 19.5. The van der Waals surface area contributed by atoms with Gasteiger partial charge in [-0.3, -0.25) is 14.4 Å². The van der Waals surface area contributed by atoms with Gasteiger partial charge in [-0.25, -0.2) is 0 Å². The molecular formula is C23H24N2O3. The summed E-state index contributed by atoms with van der Waals surface area (Å²) in [5.41, 5.74) is 0.333. The Labute approximate surface area is 165 Å². The molecule has 2 aromatic carbocycles. The highest BCUT2D eigenvalue weighted by molar-refractivity contribution is 6.01. The Morgan fingerprint density at radius 2 is 1.61 bits per heavy atom. The standard InChI is InChI=1S/C23H24N2O3/c1-17-13-14-23(25(17)18(2)26,15-19-9-5-3-6-10-19)22(28)24-16-21(27)20-11-7-4-8-12-20/h3-14,17H,15-16H2,1-2H3,(H,24,28)/t17-,23+/m1/s1. The van der Waals surface area contributed by atoms with Crippen LogP contribution in [0.5, 0.6) is 0 Å². The number of amides is 2. The summed E-state index contributed by atoms with van der Waals surface area (Å²) in [4.78, 5) is 39.6. The van der Waals surface area contributed by atoms with Crippen molar-refractivity contribution in [3.8, 4) is 0 Å². The van der Waals surface area contributed by atoms with Gasteiger partial charge in [0.2, 0.25) is 5.91 Å². The van der Waals surface area contributed by atoms with E-state index in [1.54, 1.807) is 35.2 Å². The minimum atomic E-state index is -1.15. The van der Waals surface area contributed by atoms with Crippen LogP contribution >= 0.6 is 0 Å². The lowest BCUT2D eigenvalue weighted by atomic mass is 9.89. The lowest BCUT2D eigenvalue weighted by molar-refractivity contribution is -0.143. The van der Waals surface area contributed by atoms with Gasteiger partial charge in [0, 0.05) is 24.9 Å². The van der Waals surface area contributed by atoms with Gasteiger partial charge in [0.05, 0.1) is 6.54 Å². The Morgan fingerprint density at radius 3 is 2.21 bits per heavy atom. The fourth-order valence-corrected chi connectivity index (χ4v) is 3.75. The molecule has 1 aliphatic rings. The second kappa shape index (κ2) is 8.21. The van der Waals surface area contributed by atoms with Crippen molar-refractivity contribution in [1.82, 2.24) is 10.2 Å². The van der Waals surface area contributed by atoms with Gasteiger partial charge in [-0.05, 0) is 12.5 Å². The van der Waals surface area contributed by atoms with Gasteiger partial charge in [-0.2, -0.15) is 0 Å². The second-order valence-corrected chi connectivity index (χ2v) is 7.05. The van der Waals surface area contributed by atoms with Crippen molar-refractivity contribution in [3.05, 3.63) is 83.9 Å². The fourth-order valence-electron chi connectivity index (χ4n) is 3.75. The molecule has 2 amide bonds. The third kappa shape index (κ3) is 3.88. The van der Waals surface area contributed by atoms with Crippen molar-refractivity contribution < 1.29 is 14.4 Å². The zero-order chi connectivity index (χ0) is 20.1. The number of hydrogen-bond donors (Lipinski definition) is 1. The van der Waals surface area contributed by atoms with E-state index in [-0.39, 0.29) is 30.2 Å². The normalized spacial score (nSPS) is 20.8. The molecule has 144 valence electrons. The molecule has 0 saturated carbocycles. The van der Waals surface area contributed by atoms with Gasteiger partial charge in [0.25, 0.3) is 5.91 Å². The first-order valence-electron chi connectivity index (χ1n) is 9.34. The van der Waals surface area contributed by atoms with Crippen molar-refractivity contribution in [3.63, 3.8) is 0 Å². The van der Waals surface area contributed by atoms with Gasteiger partial charge in [-0.15, -0.1) is 0 Å². The SMILES string of the molecule is CC(=O)N1[C@H](C)C=C[C@]1(Cc1ccccc1)C(=O)NCC(=O)c1ccccc1. The molecule has 3 rings (SSSR count). The Hall–Kier alpha value is -3.21. The summed E-state index contributed by atoms with van der Waals surface area (Å²) >= 11 is 0. The summed E-state index contributed by atoms with van der Waals surface area (Å²) in [7, 11) is 0. The number of hydrogen-bond acceptors (Lipinski definition) is 3. The summed E-state index contributed by atoms with van der Waals surface area (Å²) in [6.07, 6.45) is 4.00. The van der Waals surface area contributed by atoms with E-state index in [2.05, 4.69) is 5.32 Å². The third-order valence-corrected chi connectivity index (χ3v) is 5.04. The largest absolute Gasteiger partial charge is 0.346 e. The van der Waals surface area contributed by atoms with Gasteiger partial charge >= 0.3 is 0 Å². The predicted molar refractivity (Wildman–Crippen MR) is 108 cm³/mol. The maximum absolute atomic E-state index is 13.3. The number of rotatable bonds is 6. The van der Waals surface area contributed by atoms with Crippen molar-refractivity contribution in [2.24, 2.45) is 0 Å². The Morgan fingerprint density at radius 1 is 1.00 bits per heavy atom. The average molecular weight is 376 g/mol. The topological polar surface area (TPSA) is 66.5 Å². The maximum Gasteiger partial charge on any atom is 0.250 e. The number of Topliss-reactive ketones (excluding diaryl/α,β-unsaturated/α-hetero) is 1. The number of carbonyl (C=O) groups excluding carboxylic acids is 3. The molecule has 2 atom stereocenters. The zero-order valence-corrected chi connectivity index (χ0v) is 16.1. The van der Waals surface area contributed by atoms with E-state index in [1.165, 1.54) is 6.92 Å². The molecule has 0 spiro atoms. The summed E-state index contributed by atoms with van der Waals surface area (Å²) in [5.74, 6) is -0.706. The molecule has 0 aromatic heterocycles. The quantitative estimate of drug-likeness (QED) is 0.623. The second-order valence-electron chi connectivity index (χ2n) is 7.05. The molecule has 28 heavy (non-hydrogen) atoms. The predicted octanol–water partition coefficient (Wildman–Crippen LogP) is 2.77. The highest BCUT2D eigenvalue weighted by Crippen LogP contribution is 2.32. The number of nitrogens with zero attached hydrogens (tertiary/aromatic N) is 1. The summed E-state index contributed by atoms with van der Waals surface area (Å²) in [5, 5.41) is 2.76. The first-order chi connectivity index (χ1) is 13.4. The van der Waals surface area contributed by atoms with Crippen LogP contribution in [0, 0.1) is 0 Å². The fraction of sp³-hybridized carbons (Fsp3) is 0.261. The van der Waals surface area contributed by atoms with Crippen LogP contribution in [0.1, 0.15) is 29.8 Å². The molecule has 0 unspecified atom stereocenters. The molecule has 1 N–H and O–H groups in total. The first-order valence-corrected chi connectivity index (χ1v) is 9.34. The minimum Gasteiger partial charge on any atom is -0.346 e. The van der Waals surface area contributed by atoms with Gasteiger partial charge in [0.1, 0.15) is 5.54 Å². The van der Waals surface area contributed by atoms with E-state index in [9.17, 15) is 14.4 Å². The van der Waals surface area contributed by atoms with Gasteiger partial charge in [0.15, 0.2) is 5.78 Å². The lowest BCUT2D eigenvalue weighted by Crippen LogP contribution is -2.60. The van der Waals surface area contributed by atoms with Crippen molar-refractivity contribution >= 4 is 17.6 Å². The number of ketones is 1. The summed E-state index contributed by atoms with van der Waals surface area (Å²) in [6.45, 7) is 3.23. The Kier molecular flexibility index (Phi) is 5.73. The van der Waals surface area contributed by atoms with E-state index < -0.39 is 5.54 Å². The van der Waals surface area contributed by atoms with E-state index in [4.69, 9.17) is 0 Å². The van der Waals surface area contributed by atoms with Crippen LogP contribution in [0.25, 0.3) is 0 Å². The van der Waals surface area contributed by atoms with Gasteiger partial charge in [-0.1, -0.05) is 72.8 Å². The number of nitrogens with one attached hydrogen (secondary N) is 1. The van der Waals surface area contributed by atoms with E-state index >= 15 is 0 Å². The van der Waals surface area contributed by atoms with Crippen molar-refractivity contribution in [2.45, 2.75) is 31.8 Å². The van der Waals surface area contributed by atoms with Crippen LogP contribution in [0.4, 0.5) is 0 Å². The van der Waals surface area contributed by atoms with E-state index in [1.807, 2.05) is 49.4 Å². The molecule has 0 saturated heterocycles. The monoisotopic (exact) mass is 376 g/mol. The van der Waals surface area contributed by atoms with Crippen molar-refractivity contribution in [2.75, 3.05) is 6.54 Å². The molecule has 2 aromatic rings. The smallest absolute Gasteiger partial charge is 0.250 e. The van der Waals surface area contributed by atoms with Crippen LogP contribution in [-0.4, -0.2) is 40.6 Å². The molecule has 0 radical (unpaired) electrons. The maximum atomic E-state index is 13.3. The summed E-state index contributed by atoms with van der Waals surface area (Å²) in [6, 6.07) is 18.2. The molecule has 1 aliphatic heterocycles. The molecular weight excluding hydrogens is 352 g/mol. The van der Waals surface area contributed by atoms with Crippen LogP contribution in [0.3, 0.4) is 0 Å². The minimum absolute atomic E-state index is 0.118. The van der Waals surface area contributed by atoms with Crippen LogP contribution < -0.4 is 5.32 Å². The molecule has 0 aliphatic carbocycles. The number of benzene rings is 2. The lowest BCUT2D eigenvalue weighted by Gasteiger charge is -2.38. The summed E-state index contributed by atoms with van der Waals surface area (Å²) < 4.78 is 0. The molecule has 5 heteroatoms. The van der Waals surface area contributed by atoms with Crippen LogP contribution in [0.2, 0.25) is 0 Å². The van der Waals surface area contributed by atoms with Crippen LogP contribution in [-0.2, 0) is 16.0 Å². The Bertz CT molecular complexity index is 893. The molecule has 5 nitrogen and oxygen atoms in total. The third-order valence-electron chi connectivity index (χ3n) is 5.04. The highest BCUT2D eigenvalue weighted by Gasteiger charge is 2.48. The Balaban J connectivity index is 1.84. The van der Waals surface area contributed by atoms with E-state index in [0.29, 0.717) is 12.0 Å². The van der Waals surface area contributed by atoms with Gasteiger partial charge < -0.3 is 10.2 Å². The van der Waals surface area contributed by atoms with Crippen LogP contribution in [0.15, 0.2) is 72.8 Å².